The molecular weight excluding hydrogens is 330 g/mol. The number of hydrogen-bond acceptors (Lipinski definition) is 4. The van der Waals surface area contributed by atoms with Gasteiger partial charge in [0.05, 0.1) is 12.7 Å². The maximum Gasteiger partial charge on any atom is 0.221 e. The molecule has 3 N–H and O–H groups in total. The summed E-state index contributed by atoms with van der Waals surface area (Å²) >= 11 is 0. The van der Waals surface area contributed by atoms with E-state index >= 15 is 0 Å². The van der Waals surface area contributed by atoms with Crippen molar-refractivity contribution in [3.8, 4) is 0 Å². The number of aliphatic imine (C=N–C) groups is 1. The van der Waals surface area contributed by atoms with Crippen molar-refractivity contribution in [3.63, 3.8) is 0 Å². The molecule has 140 valence electrons. The molecule has 0 unspecified atom stereocenters. The summed E-state index contributed by atoms with van der Waals surface area (Å²) in [5.74, 6) is 2.02. The number of anilines is 1. The summed E-state index contributed by atoms with van der Waals surface area (Å²) in [5, 5.41) is 9.19. The third-order valence-corrected chi connectivity index (χ3v) is 3.63. The van der Waals surface area contributed by atoms with Crippen LogP contribution in [0.3, 0.4) is 0 Å². The Hall–Kier alpha value is -2.83. The highest BCUT2D eigenvalue weighted by molar-refractivity contribution is 5.88. The Morgan fingerprint density at radius 3 is 2.58 bits per heavy atom. The van der Waals surface area contributed by atoms with Crippen molar-refractivity contribution in [2.75, 3.05) is 12.4 Å². The molecule has 0 bridgehead atoms. The first-order chi connectivity index (χ1) is 12.3. The number of rotatable bonds is 5. The predicted octanol–water partition coefficient (Wildman–Crippen LogP) is 2.80. The van der Waals surface area contributed by atoms with Crippen LogP contribution in [-0.4, -0.2) is 23.9 Å². The fraction of sp³-hybridized carbons (Fsp3) is 0.421. The van der Waals surface area contributed by atoms with Crippen LogP contribution >= 0.6 is 0 Å². The van der Waals surface area contributed by atoms with Gasteiger partial charge < -0.3 is 20.4 Å². The summed E-state index contributed by atoms with van der Waals surface area (Å²) in [6, 6.07) is 7.66. The van der Waals surface area contributed by atoms with Crippen molar-refractivity contribution >= 4 is 17.6 Å². The Labute approximate surface area is 154 Å². The zero-order valence-electron chi connectivity index (χ0n) is 16.0. The highest BCUT2D eigenvalue weighted by atomic mass is 16.4. The van der Waals surface area contributed by atoms with E-state index in [9.17, 15) is 4.79 Å². The van der Waals surface area contributed by atoms with E-state index in [2.05, 4.69) is 46.7 Å². The van der Waals surface area contributed by atoms with Gasteiger partial charge in [0.25, 0.3) is 0 Å². The molecule has 0 aliphatic heterocycles. The normalized spacial score (nSPS) is 12.0. The summed E-state index contributed by atoms with van der Waals surface area (Å²) in [7, 11) is 1.71. The molecule has 1 heterocycles. The van der Waals surface area contributed by atoms with Crippen LogP contribution in [0.5, 0.6) is 0 Å². The molecule has 0 atom stereocenters. The number of nitrogens with zero attached hydrogens (tertiary/aromatic N) is 2. The van der Waals surface area contributed by atoms with Crippen LogP contribution < -0.4 is 16.0 Å². The van der Waals surface area contributed by atoms with Gasteiger partial charge in [-0.05, 0) is 17.7 Å². The highest BCUT2D eigenvalue weighted by Crippen LogP contribution is 2.22. The summed E-state index contributed by atoms with van der Waals surface area (Å²) in [6.45, 7) is 8.76. The average molecular weight is 357 g/mol. The molecular formula is C19H27N5O2. The number of nitrogens with one attached hydrogen (secondary N) is 3. The quantitative estimate of drug-likeness (QED) is 0.565. The lowest BCUT2D eigenvalue weighted by molar-refractivity contribution is -0.114. The smallest absolute Gasteiger partial charge is 0.221 e. The molecule has 0 aliphatic rings. The van der Waals surface area contributed by atoms with E-state index in [1.165, 1.54) is 6.92 Å². The SMILES string of the molecule is CN=C(NCc1cccc(NC(C)=O)c1)NCc1ncc(C(C)(C)C)o1. The molecule has 0 aliphatic carbocycles. The Balaban J connectivity index is 1.88. The Bertz CT molecular complexity index is 774. The van der Waals surface area contributed by atoms with Crippen LogP contribution in [0, 0.1) is 0 Å². The predicted molar refractivity (Wildman–Crippen MR) is 103 cm³/mol. The fourth-order valence-electron chi connectivity index (χ4n) is 2.27. The van der Waals surface area contributed by atoms with Crippen LogP contribution in [0.25, 0.3) is 0 Å². The summed E-state index contributed by atoms with van der Waals surface area (Å²) in [5.41, 5.74) is 1.74. The number of carbonyl (C=O) groups is 1. The second kappa shape index (κ2) is 8.51. The van der Waals surface area contributed by atoms with Gasteiger partial charge in [-0.2, -0.15) is 0 Å². The lowest BCUT2D eigenvalue weighted by Crippen LogP contribution is -2.36. The van der Waals surface area contributed by atoms with Gasteiger partial charge in [-0.25, -0.2) is 4.98 Å². The van der Waals surface area contributed by atoms with Crippen LogP contribution in [0.4, 0.5) is 5.69 Å². The molecule has 0 saturated heterocycles. The van der Waals surface area contributed by atoms with Gasteiger partial charge in [-0.3, -0.25) is 9.79 Å². The standard InChI is InChI=1S/C19H27N5O2/c1-13(25)24-15-8-6-7-14(9-15)10-22-18(20-5)23-12-17-21-11-16(26-17)19(2,3)4/h6-9,11H,10,12H2,1-5H3,(H,24,25)(H2,20,22,23). The molecule has 1 amide bonds. The first-order valence-electron chi connectivity index (χ1n) is 8.54. The van der Waals surface area contributed by atoms with Gasteiger partial charge in [0.1, 0.15) is 5.76 Å². The van der Waals surface area contributed by atoms with Crippen LogP contribution in [-0.2, 0) is 23.3 Å². The minimum absolute atomic E-state index is 0.0654. The van der Waals surface area contributed by atoms with Crippen molar-refractivity contribution < 1.29 is 9.21 Å². The zero-order chi connectivity index (χ0) is 19.2. The lowest BCUT2D eigenvalue weighted by atomic mass is 9.94. The Morgan fingerprint density at radius 2 is 1.96 bits per heavy atom. The summed E-state index contributed by atoms with van der Waals surface area (Å²) < 4.78 is 5.76. The molecule has 0 saturated carbocycles. The number of hydrogen-bond donors (Lipinski definition) is 3. The number of oxazole rings is 1. The number of amides is 1. The zero-order valence-corrected chi connectivity index (χ0v) is 16.0. The van der Waals surface area contributed by atoms with Gasteiger partial charge in [-0.15, -0.1) is 0 Å². The van der Waals surface area contributed by atoms with Crippen LogP contribution in [0.1, 0.15) is 44.9 Å². The van der Waals surface area contributed by atoms with Crippen molar-refractivity contribution in [1.29, 1.82) is 0 Å². The van der Waals surface area contributed by atoms with Gasteiger partial charge in [0, 0.05) is 31.6 Å². The maximum absolute atomic E-state index is 11.1. The lowest BCUT2D eigenvalue weighted by Gasteiger charge is -2.13. The van der Waals surface area contributed by atoms with Crippen molar-refractivity contribution in [2.45, 2.75) is 46.2 Å². The van der Waals surface area contributed by atoms with E-state index in [1.807, 2.05) is 24.3 Å². The second-order valence-electron chi connectivity index (χ2n) is 7.03. The fourth-order valence-corrected chi connectivity index (χ4v) is 2.27. The van der Waals surface area contributed by atoms with E-state index in [-0.39, 0.29) is 11.3 Å². The second-order valence-corrected chi connectivity index (χ2v) is 7.03. The topological polar surface area (TPSA) is 91.5 Å². The molecule has 2 aromatic rings. The molecule has 1 aromatic carbocycles. The minimum Gasteiger partial charge on any atom is -0.443 e. The first-order valence-corrected chi connectivity index (χ1v) is 8.54. The molecule has 0 fully saturated rings. The molecule has 7 nitrogen and oxygen atoms in total. The number of carbonyl (C=O) groups excluding carboxylic acids is 1. The van der Waals surface area contributed by atoms with Crippen LogP contribution in [0.2, 0.25) is 0 Å². The monoisotopic (exact) mass is 357 g/mol. The van der Waals surface area contributed by atoms with Crippen molar-refractivity contribution in [3.05, 3.63) is 47.7 Å². The van der Waals surface area contributed by atoms with Gasteiger partial charge in [-0.1, -0.05) is 32.9 Å². The van der Waals surface area contributed by atoms with Crippen LogP contribution in [0.15, 0.2) is 39.9 Å². The number of benzene rings is 1. The van der Waals surface area contributed by atoms with Crippen molar-refractivity contribution in [2.24, 2.45) is 4.99 Å². The highest BCUT2D eigenvalue weighted by Gasteiger charge is 2.19. The Morgan fingerprint density at radius 1 is 1.23 bits per heavy atom. The molecule has 2 rings (SSSR count). The number of aromatic nitrogens is 1. The van der Waals surface area contributed by atoms with E-state index in [1.54, 1.807) is 13.2 Å². The average Bonchev–Trinajstić information content (AvgIpc) is 3.04. The van der Waals surface area contributed by atoms with Crippen molar-refractivity contribution in [1.82, 2.24) is 15.6 Å². The van der Waals surface area contributed by atoms with Gasteiger partial charge in [0.2, 0.25) is 11.8 Å². The van der Waals surface area contributed by atoms with E-state index in [4.69, 9.17) is 4.42 Å². The van der Waals surface area contributed by atoms with E-state index < -0.39 is 0 Å². The summed E-state index contributed by atoms with van der Waals surface area (Å²) in [4.78, 5) is 19.6. The molecule has 0 spiro atoms. The summed E-state index contributed by atoms with van der Waals surface area (Å²) in [6.07, 6.45) is 1.76. The van der Waals surface area contributed by atoms with E-state index in [0.29, 0.717) is 24.9 Å². The third kappa shape index (κ3) is 5.91. The number of guanidine groups is 1. The third-order valence-electron chi connectivity index (χ3n) is 3.63. The molecule has 0 radical (unpaired) electrons. The molecule has 26 heavy (non-hydrogen) atoms. The molecule has 1 aromatic heterocycles. The Kier molecular flexibility index (Phi) is 6.38. The minimum atomic E-state index is -0.0897. The van der Waals surface area contributed by atoms with Gasteiger partial charge in [0.15, 0.2) is 5.96 Å². The first kappa shape index (κ1) is 19.5. The maximum atomic E-state index is 11.1. The van der Waals surface area contributed by atoms with Gasteiger partial charge >= 0.3 is 0 Å². The van der Waals surface area contributed by atoms with E-state index in [0.717, 1.165) is 17.0 Å². The molecule has 7 heteroatoms. The largest absolute Gasteiger partial charge is 0.443 e.